The van der Waals surface area contributed by atoms with Crippen molar-refractivity contribution in [2.75, 3.05) is 18.4 Å². The smallest absolute Gasteiger partial charge is 0.270 e. The van der Waals surface area contributed by atoms with Crippen molar-refractivity contribution in [3.8, 4) is 0 Å². The Bertz CT molecular complexity index is 788. The van der Waals surface area contributed by atoms with Crippen LogP contribution in [0.5, 0.6) is 0 Å². The highest BCUT2D eigenvalue weighted by Crippen LogP contribution is 2.20. The van der Waals surface area contributed by atoms with Gasteiger partial charge in [-0.25, -0.2) is 13.4 Å². The minimum absolute atomic E-state index is 0.299. The summed E-state index contributed by atoms with van der Waals surface area (Å²) in [4.78, 5) is 3.31. The van der Waals surface area contributed by atoms with E-state index in [1.165, 1.54) is 0 Å². The topological polar surface area (TPSA) is 63.6 Å². The molecule has 1 aliphatic rings. The largest absolute Gasteiger partial charge is 0.272 e. The average Bonchev–Trinajstić information content (AvgIpc) is 2.62. The van der Waals surface area contributed by atoms with E-state index in [4.69, 9.17) is 11.6 Å². The number of benzene rings is 1. The van der Waals surface area contributed by atoms with Crippen LogP contribution in [0.2, 0.25) is 5.02 Å². The van der Waals surface area contributed by atoms with Crippen molar-refractivity contribution in [2.24, 2.45) is 0 Å². The lowest BCUT2D eigenvalue weighted by molar-refractivity contribution is -0.364. The van der Waals surface area contributed by atoms with E-state index in [0.717, 1.165) is 30.6 Å². The van der Waals surface area contributed by atoms with Gasteiger partial charge in [0.1, 0.15) is 17.6 Å². The van der Waals surface area contributed by atoms with E-state index in [1.807, 2.05) is 24.3 Å². The molecule has 0 unspecified atom stereocenters. The summed E-state index contributed by atoms with van der Waals surface area (Å²) in [5.74, 6) is 0.743. The maximum atomic E-state index is 12.6. The minimum Gasteiger partial charge on any atom is -0.270 e. The van der Waals surface area contributed by atoms with Crippen LogP contribution in [0.3, 0.4) is 0 Å². The third-order valence-corrected chi connectivity index (χ3v) is 6.43. The van der Waals surface area contributed by atoms with Crippen LogP contribution in [-0.4, -0.2) is 25.8 Å². The second-order valence-electron chi connectivity index (χ2n) is 5.85. The predicted molar refractivity (Wildman–Crippen MR) is 94.4 cm³/mol. The molecule has 0 saturated carbocycles. The van der Waals surface area contributed by atoms with E-state index in [2.05, 4.69) is 10.3 Å². The van der Waals surface area contributed by atoms with E-state index in [-0.39, 0.29) is 0 Å². The number of rotatable bonds is 5. The number of sulfonamides is 1. The normalized spacial score (nSPS) is 16.0. The Morgan fingerprint density at radius 2 is 1.83 bits per heavy atom. The van der Waals surface area contributed by atoms with Crippen molar-refractivity contribution < 1.29 is 13.4 Å². The molecule has 128 valence electrons. The average molecular weight is 367 g/mol. The van der Waals surface area contributed by atoms with Gasteiger partial charge in [-0.2, -0.15) is 4.31 Å². The Hall–Kier alpha value is -1.63. The van der Waals surface area contributed by atoms with Gasteiger partial charge in [-0.1, -0.05) is 36.2 Å². The number of hydrogen-bond acceptors (Lipinski definition) is 3. The van der Waals surface area contributed by atoms with E-state index in [9.17, 15) is 8.42 Å². The fourth-order valence-electron chi connectivity index (χ4n) is 2.77. The van der Waals surface area contributed by atoms with Crippen molar-refractivity contribution in [3.05, 3.63) is 53.2 Å². The Kier molecular flexibility index (Phi) is 5.38. The zero-order valence-electron chi connectivity index (χ0n) is 13.3. The first-order chi connectivity index (χ1) is 11.6. The lowest BCUT2D eigenvalue weighted by Crippen LogP contribution is -2.36. The summed E-state index contributed by atoms with van der Waals surface area (Å²) in [5.41, 5.74) is 0.984. The molecule has 2 aromatic rings. The summed E-state index contributed by atoms with van der Waals surface area (Å²) >= 11 is 6.13. The van der Waals surface area contributed by atoms with Gasteiger partial charge in [0.15, 0.2) is 0 Å². The lowest BCUT2D eigenvalue weighted by atomic mass is 10.2. The fourth-order valence-corrected chi connectivity index (χ4v) is 4.45. The summed E-state index contributed by atoms with van der Waals surface area (Å²) in [6, 6.07) is 11.0. The lowest BCUT2D eigenvalue weighted by Gasteiger charge is -2.25. The number of H-pyrrole nitrogens is 1. The van der Waals surface area contributed by atoms with E-state index in [1.54, 1.807) is 22.6 Å². The molecular formula is C17H21ClN3O2S+. The molecule has 0 atom stereocenters. The highest BCUT2D eigenvalue weighted by Gasteiger charge is 2.26. The molecule has 24 heavy (non-hydrogen) atoms. The molecule has 0 aliphatic carbocycles. The highest BCUT2D eigenvalue weighted by atomic mass is 35.5. The summed E-state index contributed by atoms with van der Waals surface area (Å²) in [6.07, 6.45) is 4.50. The number of nitrogens with zero attached hydrogens (tertiary/aromatic N) is 1. The van der Waals surface area contributed by atoms with Gasteiger partial charge in [-0.3, -0.25) is 5.32 Å². The molecular weight excluding hydrogens is 346 g/mol. The van der Waals surface area contributed by atoms with Gasteiger partial charge in [0.05, 0.1) is 0 Å². The van der Waals surface area contributed by atoms with E-state index < -0.39 is 10.0 Å². The monoisotopic (exact) mass is 366 g/mol. The van der Waals surface area contributed by atoms with Crippen molar-refractivity contribution in [1.29, 1.82) is 0 Å². The van der Waals surface area contributed by atoms with E-state index in [0.29, 0.717) is 29.6 Å². The molecule has 0 spiro atoms. The molecule has 2 heterocycles. The molecule has 5 nitrogen and oxygen atoms in total. The van der Waals surface area contributed by atoms with Gasteiger partial charge in [0.25, 0.3) is 5.82 Å². The molecule has 1 aliphatic heterocycles. The number of aromatic amines is 1. The second kappa shape index (κ2) is 7.51. The van der Waals surface area contributed by atoms with Crippen molar-refractivity contribution in [2.45, 2.75) is 30.7 Å². The number of halogens is 1. The predicted octanol–water partition coefficient (Wildman–Crippen LogP) is 2.94. The van der Waals surface area contributed by atoms with Crippen LogP contribution in [0.1, 0.15) is 24.8 Å². The van der Waals surface area contributed by atoms with Gasteiger partial charge >= 0.3 is 0 Å². The Balaban J connectivity index is 1.68. The standard InChI is InChI=1S/C17H20ClN3O2S/c18-16-7-3-2-6-14(16)12-19-17-9-8-15(13-20-17)24(22,23)21-10-4-1-5-11-21/h2-3,6-9,13H,1,4-5,10-12H2,(H,19,20)/p+1. The Morgan fingerprint density at radius 3 is 2.50 bits per heavy atom. The van der Waals surface area contributed by atoms with Gasteiger partial charge < -0.3 is 0 Å². The maximum absolute atomic E-state index is 12.6. The minimum atomic E-state index is -3.40. The molecule has 7 heteroatoms. The summed E-state index contributed by atoms with van der Waals surface area (Å²) in [6.45, 7) is 1.78. The van der Waals surface area contributed by atoms with Crippen molar-refractivity contribution >= 4 is 27.4 Å². The molecule has 0 bridgehead atoms. The molecule has 2 N–H and O–H groups in total. The summed E-state index contributed by atoms with van der Waals surface area (Å²) < 4.78 is 26.7. The van der Waals surface area contributed by atoms with Gasteiger partial charge in [0.2, 0.25) is 10.0 Å². The van der Waals surface area contributed by atoms with E-state index >= 15 is 0 Å². The number of pyridine rings is 1. The second-order valence-corrected chi connectivity index (χ2v) is 8.19. The first-order valence-corrected chi connectivity index (χ1v) is 9.88. The number of hydrogen-bond donors (Lipinski definition) is 1. The molecule has 0 amide bonds. The number of piperidine rings is 1. The molecule has 1 saturated heterocycles. The van der Waals surface area contributed by atoms with Crippen LogP contribution in [-0.2, 0) is 16.6 Å². The van der Waals surface area contributed by atoms with Gasteiger partial charge in [0, 0.05) is 29.7 Å². The third kappa shape index (κ3) is 3.88. The first kappa shape index (κ1) is 17.2. The first-order valence-electron chi connectivity index (χ1n) is 8.06. The number of anilines is 1. The van der Waals surface area contributed by atoms with Crippen LogP contribution in [0.25, 0.3) is 0 Å². The van der Waals surface area contributed by atoms with Gasteiger partial charge in [-0.15, -0.1) is 0 Å². The van der Waals surface area contributed by atoms with Crippen LogP contribution in [0, 0.1) is 0 Å². The SMILES string of the molecule is O=S(=O)(c1ccc(NCc2ccccc2Cl)[nH+]c1)N1CCCCC1. The van der Waals surface area contributed by atoms with Crippen molar-refractivity contribution in [3.63, 3.8) is 0 Å². The zero-order chi connectivity index (χ0) is 17.0. The zero-order valence-corrected chi connectivity index (χ0v) is 14.9. The summed E-state index contributed by atoms with van der Waals surface area (Å²) in [7, 11) is -3.40. The Morgan fingerprint density at radius 1 is 1.08 bits per heavy atom. The molecule has 1 aromatic carbocycles. The van der Waals surface area contributed by atoms with Crippen molar-refractivity contribution in [1.82, 2.24) is 4.31 Å². The highest BCUT2D eigenvalue weighted by molar-refractivity contribution is 7.89. The summed E-state index contributed by atoms with van der Waals surface area (Å²) in [5, 5.41) is 3.91. The quantitative estimate of drug-likeness (QED) is 0.884. The van der Waals surface area contributed by atoms with Gasteiger partial charge in [-0.05, 0) is 25.0 Å². The molecule has 3 rings (SSSR count). The fraction of sp³-hybridized carbons (Fsp3) is 0.353. The number of nitrogens with one attached hydrogen (secondary N) is 2. The van der Waals surface area contributed by atoms with Crippen LogP contribution >= 0.6 is 11.6 Å². The van der Waals surface area contributed by atoms with Crippen LogP contribution < -0.4 is 10.3 Å². The molecule has 1 fully saturated rings. The number of aromatic nitrogens is 1. The molecule has 1 aromatic heterocycles. The molecule has 0 radical (unpaired) electrons. The maximum Gasteiger partial charge on any atom is 0.272 e. The van der Waals surface area contributed by atoms with Crippen LogP contribution in [0.4, 0.5) is 5.82 Å². The van der Waals surface area contributed by atoms with Crippen LogP contribution in [0.15, 0.2) is 47.5 Å². The third-order valence-electron chi connectivity index (χ3n) is 4.16. The Labute approximate surface area is 147 Å².